The van der Waals surface area contributed by atoms with E-state index in [1.54, 1.807) is 0 Å². The maximum Gasteiger partial charge on any atom is 0.185 e. The van der Waals surface area contributed by atoms with Gasteiger partial charge in [-0.15, -0.1) is 0 Å². The van der Waals surface area contributed by atoms with Crippen molar-refractivity contribution in [2.24, 2.45) is 5.73 Å². The number of aromatic nitrogens is 1. The Morgan fingerprint density at radius 2 is 1.70 bits per heavy atom. The van der Waals surface area contributed by atoms with E-state index in [-0.39, 0.29) is 16.9 Å². The predicted molar refractivity (Wildman–Crippen MR) is 69.7 cm³/mol. The van der Waals surface area contributed by atoms with E-state index >= 15 is 0 Å². The van der Waals surface area contributed by atoms with E-state index < -0.39 is 29.0 Å². The van der Waals surface area contributed by atoms with Crippen LogP contribution in [0.25, 0.3) is 0 Å². The van der Waals surface area contributed by atoms with Crippen LogP contribution in [0.3, 0.4) is 0 Å². The third-order valence-electron chi connectivity index (χ3n) is 2.41. The third-order valence-corrected chi connectivity index (χ3v) is 2.65. The van der Waals surface area contributed by atoms with Gasteiger partial charge < -0.3 is 11.1 Å². The highest BCUT2D eigenvalue weighted by Crippen LogP contribution is 2.26. The third kappa shape index (κ3) is 2.69. The highest BCUT2D eigenvalue weighted by Gasteiger charge is 2.19. The van der Waals surface area contributed by atoms with E-state index in [4.69, 9.17) is 18.0 Å². The summed E-state index contributed by atoms with van der Waals surface area (Å²) in [5.74, 6) is -6.19. The highest BCUT2D eigenvalue weighted by molar-refractivity contribution is 7.80. The largest absolute Gasteiger partial charge is 0.389 e. The molecular formula is C12H7F4N3S. The molecule has 1 heterocycles. The van der Waals surface area contributed by atoms with Crippen molar-refractivity contribution in [3.8, 4) is 0 Å². The molecule has 0 aliphatic heterocycles. The van der Waals surface area contributed by atoms with Gasteiger partial charge in [0.2, 0.25) is 0 Å². The first kappa shape index (κ1) is 14.2. The summed E-state index contributed by atoms with van der Waals surface area (Å²) in [6, 6.07) is 2.89. The molecule has 0 amide bonds. The summed E-state index contributed by atoms with van der Waals surface area (Å²) >= 11 is 4.73. The number of anilines is 2. The quantitative estimate of drug-likeness (QED) is 0.520. The zero-order valence-electron chi connectivity index (χ0n) is 9.75. The Balaban J connectivity index is 2.45. The van der Waals surface area contributed by atoms with Gasteiger partial charge in [-0.25, -0.2) is 22.5 Å². The molecule has 1 aromatic carbocycles. The zero-order valence-corrected chi connectivity index (χ0v) is 10.6. The van der Waals surface area contributed by atoms with Crippen LogP contribution in [0, 0.1) is 23.3 Å². The van der Waals surface area contributed by atoms with Crippen LogP contribution in [0.1, 0.15) is 5.56 Å². The molecule has 104 valence electrons. The molecule has 1 aromatic heterocycles. The van der Waals surface area contributed by atoms with Gasteiger partial charge in [0.15, 0.2) is 23.3 Å². The molecule has 0 radical (unpaired) electrons. The SMILES string of the molecule is NC(=S)c1ccnc(Nc2c(F)c(F)cc(F)c2F)c1. The van der Waals surface area contributed by atoms with Crippen LogP contribution in [0.4, 0.5) is 29.1 Å². The second kappa shape index (κ2) is 5.41. The topological polar surface area (TPSA) is 50.9 Å². The van der Waals surface area contributed by atoms with E-state index in [1.807, 2.05) is 0 Å². The van der Waals surface area contributed by atoms with Crippen molar-refractivity contribution in [1.29, 1.82) is 0 Å². The van der Waals surface area contributed by atoms with E-state index in [1.165, 1.54) is 18.3 Å². The smallest absolute Gasteiger partial charge is 0.185 e. The Morgan fingerprint density at radius 1 is 1.10 bits per heavy atom. The van der Waals surface area contributed by atoms with Crippen molar-refractivity contribution in [3.63, 3.8) is 0 Å². The lowest BCUT2D eigenvalue weighted by Gasteiger charge is -2.10. The summed E-state index contributed by atoms with van der Waals surface area (Å²) in [6.07, 6.45) is 1.28. The van der Waals surface area contributed by atoms with Crippen molar-refractivity contribution in [2.75, 3.05) is 5.32 Å². The van der Waals surface area contributed by atoms with Gasteiger partial charge in [0.1, 0.15) is 16.5 Å². The van der Waals surface area contributed by atoms with Crippen molar-refractivity contribution < 1.29 is 17.6 Å². The Labute approximate surface area is 116 Å². The normalized spacial score (nSPS) is 10.4. The lowest BCUT2D eigenvalue weighted by Crippen LogP contribution is -2.10. The van der Waals surface area contributed by atoms with Gasteiger partial charge >= 0.3 is 0 Å². The van der Waals surface area contributed by atoms with Gasteiger partial charge in [-0.2, -0.15) is 0 Å². The summed E-state index contributed by atoms with van der Waals surface area (Å²) in [6.45, 7) is 0. The molecule has 0 unspecified atom stereocenters. The number of benzene rings is 1. The van der Waals surface area contributed by atoms with E-state index in [0.29, 0.717) is 5.56 Å². The van der Waals surface area contributed by atoms with Crippen LogP contribution >= 0.6 is 12.2 Å². The number of hydrogen-bond donors (Lipinski definition) is 2. The maximum atomic E-state index is 13.5. The fourth-order valence-electron chi connectivity index (χ4n) is 1.46. The number of rotatable bonds is 3. The Hall–Kier alpha value is -2.22. The van der Waals surface area contributed by atoms with E-state index in [0.717, 1.165) is 0 Å². The van der Waals surface area contributed by atoms with Gasteiger partial charge in [-0.1, -0.05) is 12.2 Å². The first-order valence-electron chi connectivity index (χ1n) is 5.26. The van der Waals surface area contributed by atoms with Gasteiger partial charge in [0.05, 0.1) is 0 Å². The van der Waals surface area contributed by atoms with Gasteiger partial charge in [-0.05, 0) is 12.1 Å². The summed E-state index contributed by atoms with van der Waals surface area (Å²) in [4.78, 5) is 3.80. The highest BCUT2D eigenvalue weighted by atomic mass is 32.1. The van der Waals surface area contributed by atoms with E-state index in [9.17, 15) is 17.6 Å². The molecule has 0 spiro atoms. The van der Waals surface area contributed by atoms with Crippen molar-refractivity contribution in [3.05, 3.63) is 53.2 Å². The molecule has 0 fully saturated rings. The molecule has 3 N–H and O–H groups in total. The summed E-state index contributed by atoms with van der Waals surface area (Å²) in [5.41, 5.74) is 4.80. The summed E-state index contributed by atoms with van der Waals surface area (Å²) < 4.78 is 53.0. The number of nitrogens with zero attached hydrogens (tertiary/aromatic N) is 1. The average molecular weight is 301 g/mol. The fourth-order valence-corrected chi connectivity index (χ4v) is 1.59. The monoisotopic (exact) mass is 301 g/mol. The van der Waals surface area contributed by atoms with Crippen LogP contribution in [0.5, 0.6) is 0 Å². The lowest BCUT2D eigenvalue weighted by molar-refractivity contribution is 0.459. The zero-order chi connectivity index (χ0) is 14.9. The molecular weight excluding hydrogens is 294 g/mol. The first-order valence-corrected chi connectivity index (χ1v) is 5.67. The number of thiocarbonyl (C=S) groups is 1. The molecule has 0 bridgehead atoms. The number of halogens is 4. The average Bonchev–Trinajstić information content (AvgIpc) is 2.42. The summed E-state index contributed by atoms with van der Waals surface area (Å²) in [5, 5.41) is 2.16. The molecule has 3 nitrogen and oxygen atoms in total. The standard InChI is InChI=1S/C12H7F4N3S/c13-6-4-7(14)10(16)11(9(6)15)19-8-3-5(12(17)20)1-2-18-8/h1-4H,(H2,17,20)(H,18,19). The molecule has 2 rings (SSSR count). The van der Waals surface area contributed by atoms with Crippen LogP contribution in [-0.2, 0) is 0 Å². The number of pyridine rings is 1. The van der Waals surface area contributed by atoms with Crippen molar-refractivity contribution in [1.82, 2.24) is 4.98 Å². The molecule has 20 heavy (non-hydrogen) atoms. The van der Waals surface area contributed by atoms with Crippen LogP contribution in [-0.4, -0.2) is 9.97 Å². The van der Waals surface area contributed by atoms with Crippen molar-refractivity contribution in [2.45, 2.75) is 0 Å². The maximum absolute atomic E-state index is 13.5. The summed E-state index contributed by atoms with van der Waals surface area (Å²) in [7, 11) is 0. The number of nitrogens with one attached hydrogen (secondary N) is 1. The molecule has 0 aliphatic rings. The van der Waals surface area contributed by atoms with Crippen molar-refractivity contribution >= 4 is 28.7 Å². The predicted octanol–water partition coefficient (Wildman–Crippen LogP) is 3.02. The first-order chi connectivity index (χ1) is 9.40. The fraction of sp³-hybridized carbons (Fsp3) is 0. The molecule has 2 aromatic rings. The van der Waals surface area contributed by atoms with Crippen LogP contribution in [0.2, 0.25) is 0 Å². The van der Waals surface area contributed by atoms with E-state index in [2.05, 4.69) is 10.3 Å². The molecule has 0 saturated heterocycles. The Morgan fingerprint density at radius 3 is 2.25 bits per heavy atom. The number of hydrogen-bond acceptors (Lipinski definition) is 3. The Kier molecular flexibility index (Phi) is 3.84. The Bertz CT molecular complexity index is 664. The van der Waals surface area contributed by atoms with Gasteiger partial charge in [-0.3, -0.25) is 0 Å². The molecule has 0 aliphatic carbocycles. The minimum Gasteiger partial charge on any atom is -0.389 e. The number of nitrogens with two attached hydrogens (primary N) is 1. The molecule has 8 heteroatoms. The minimum atomic E-state index is -1.55. The second-order valence-corrected chi connectivity index (χ2v) is 4.20. The molecule has 0 atom stereocenters. The van der Waals surface area contributed by atoms with Crippen LogP contribution in [0.15, 0.2) is 24.4 Å². The van der Waals surface area contributed by atoms with Gasteiger partial charge in [0, 0.05) is 17.8 Å². The second-order valence-electron chi connectivity index (χ2n) is 3.76. The lowest BCUT2D eigenvalue weighted by atomic mass is 10.2. The molecule has 0 saturated carbocycles. The van der Waals surface area contributed by atoms with Crippen LogP contribution < -0.4 is 11.1 Å². The van der Waals surface area contributed by atoms with Gasteiger partial charge in [0.25, 0.3) is 0 Å². The minimum absolute atomic E-state index is 0.0433.